The van der Waals surface area contributed by atoms with Gasteiger partial charge in [0.25, 0.3) is 0 Å². The van der Waals surface area contributed by atoms with E-state index in [1.165, 1.54) is 0 Å². The van der Waals surface area contributed by atoms with Crippen LogP contribution in [-0.4, -0.2) is 20.5 Å². The van der Waals surface area contributed by atoms with Crippen LogP contribution in [0.1, 0.15) is 31.1 Å². The fraction of sp³-hybridized carbons (Fsp3) is 0.417. The van der Waals surface area contributed by atoms with Gasteiger partial charge in [0.15, 0.2) is 5.78 Å². The number of nitrogens with one attached hydrogen (secondary N) is 1. The van der Waals surface area contributed by atoms with Crippen molar-refractivity contribution in [2.24, 2.45) is 5.41 Å². The summed E-state index contributed by atoms with van der Waals surface area (Å²) in [5.74, 6) is -0.0188. The topological polar surface area (TPSA) is 63.2 Å². The summed E-state index contributed by atoms with van der Waals surface area (Å²) in [6, 6.07) is 6.50. The third kappa shape index (κ3) is 4.19. The Hall–Kier alpha value is -1.36. The summed E-state index contributed by atoms with van der Waals surface area (Å²) in [5, 5.41) is 0. The van der Waals surface area contributed by atoms with Gasteiger partial charge in [-0.2, -0.15) is 0 Å². The fourth-order valence-electron chi connectivity index (χ4n) is 1.37. The molecule has 0 heterocycles. The van der Waals surface area contributed by atoms with Crippen molar-refractivity contribution in [2.75, 3.05) is 11.0 Å². The number of hydrogen-bond donors (Lipinski definition) is 1. The maximum Gasteiger partial charge on any atom is 0.229 e. The molecule has 1 rings (SSSR count). The van der Waals surface area contributed by atoms with Crippen molar-refractivity contribution in [3.8, 4) is 0 Å². The summed E-state index contributed by atoms with van der Waals surface area (Å²) < 4.78 is 24.5. The average Bonchev–Trinajstić information content (AvgIpc) is 2.12. The number of anilines is 1. The molecule has 4 nitrogen and oxygen atoms in total. The number of ketones is 1. The first-order valence-corrected chi connectivity index (χ1v) is 7.11. The van der Waals surface area contributed by atoms with Crippen LogP contribution in [0.2, 0.25) is 0 Å². The van der Waals surface area contributed by atoms with Crippen LogP contribution in [0.25, 0.3) is 0 Å². The molecule has 0 aromatic heterocycles. The van der Waals surface area contributed by atoms with E-state index in [2.05, 4.69) is 4.72 Å². The Morgan fingerprint density at radius 2 is 1.82 bits per heavy atom. The largest absolute Gasteiger partial charge is 0.294 e. The van der Waals surface area contributed by atoms with Gasteiger partial charge < -0.3 is 0 Å². The highest BCUT2D eigenvalue weighted by Gasteiger charge is 2.22. The number of benzene rings is 1. The second kappa shape index (κ2) is 4.49. The zero-order chi connectivity index (χ0) is 13.3. The third-order valence-electron chi connectivity index (χ3n) is 2.11. The third-order valence-corrected chi connectivity index (χ3v) is 2.72. The van der Waals surface area contributed by atoms with E-state index in [0.29, 0.717) is 11.3 Å². The zero-order valence-electron chi connectivity index (χ0n) is 10.4. The molecule has 0 amide bonds. The molecule has 0 saturated carbocycles. The van der Waals surface area contributed by atoms with Crippen LogP contribution in [0, 0.1) is 5.41 Å². The van der Waals surface area contributed by atoms with E-state index in [-0.39, 0.29) is 5.78 Å². The molecule has 0 spiro atoms. The molecule has 0 unspecified atom stereocenters. The molecule has 1 N–H and O–H groups in total. The minimum Gasteiger partial charge on any atom is -0.294 e. The maximum atomic E-state index is 12.0. The van der Waals surface area contributed by atoms with E-state index in [0.717, 1.165) is 6.26 Å². The highest BCUT2D eigenvalue weighted by Crippen LogP contribution is 2.22. The van der Waals surface area contributed by atoms with E-state index in [4.69, 9.17) is 0 Å². The summed E-state index contributed by atoms with van der Waals surface area (Å²) in [6.45, 7) is 5.48. The fourth-order valence-corrected chi connectivity index (χ4v) is 1.93. The van der Waals surface area contributed by atoms with Crippen LogP contribution in [-0.2, 0) is 10.0 Å². The lowest BCUT2D eigenvalue weighted by Crippen LogP contribution is -2.20. The van der Waals surface area contributed by atoms with Crippen molar-refractivity contribution >= 4 is 21.5 Å². The Bertz CT molecular complexity index is 527. The summed E-state index contributed by atoms with van der Waals surface area (Å²) in [5.41, 5.74) is 0.428. The summed E-state index contributed by atoms with van der Waals surface area (Å²) in [6.07, 6.45) is 1.07. The molecule has 0 atom stereocenters. The Morgan fingerprint density at radius 3 is 2.29 bits per heavy atom. The lowest BCUT2D eigenvalue weighted by atomic mass is 9.86. The SMILES string of the molecule is CC(C)(C)C(=O)c1cccc(NS(C)(=O)=O)c1. The molecular weight excluding hydrogens is 238 g/mol. The number of rotatable bonds is 3. The molecular formula is C12H17NO3S. The van der Waals surface area contributed by atoms with Gasteiger partial charge in [0.05, 0.1) is 6.26 Å². The molecule has 94 valence electrons. The van der Waals surface area contributed by atoms with Crippen LogP contribution in [0.5, 0.6) is 0 Å². The van der Waals surface area contributed by atoms with Crippen molar-refractivity contribution in [1.82, 2.24) is 0 Å². The van der Waals surface area contributed by atoms with Crippen LogP contribution >= 0.6 is 0 Å². The first-order valence-electron chi connectivity index (χ1n) is 5.22. The van der Waals surface area contributed by atoms with Crippen LogP contribution in [0.4, 0.5) is 5.69 Å². The highest BCUT2D eigenvalue weighted by molar-refractivity contribution is 7.92. The number of hydrogen-bond acceptors (Lipinski definition) is 3. The monoisotopic (exact) mass is 255 g/mol. The molecule has 0 aliphatic rings. The zero-order valence-corrected chi connectivity index (χ0v) is 11.3. The Labute approximate surface area is 102 Å². The molecule has 5 heteroatoms. The maximum absolute atomic E-state index is 12.0. The number of carbonyl (C=O) groups excluding carboxylic acids is 1. The predicted molar refractivity (Wildman–Crippen MR) is 68.7 cm³/mol. The molecule has 1 aromatic rings. The quantitative estimate of drug-likeness (QED) is 0.843. The Kier molecular flexibility index (Phi) is 3.62. The van der Waals surface area contributed by atoms with Crippen molar-refractivity contribution in [3.63, 3.8) is 0 Å². The van der Waals surface area contributed by atoms with E-state index >= 15 is 0 Å². The minimum absolute atomic E-state index is 0.0188. The van der Waals surface area contributed by atoms with Gasteiger partial charge in [-0.1, -0.05) is 32.9 Å². The first kappa shape index (κ1) is 13.7. The van der Waals surface area contributed by atoms with Gasteiger partial charge in [0.2, 0.25) is 10.0 Å². The van der Waals surface area contributed by atoms with Gasteiger partial charge in [-0.15, -0.1) is 0 Å². The summed E-state index contributed by atoms with van der Waals surface area (Å²) >= 11 is 0. The summed E-state index contributed by atoms with van der Waals surface area (Å²) in [7, 11) is -3.32. The molecule has 0 radical (unpaired) electrons. The second-order valence-corrected chi connectivity index (χ2v) is 6.78. The molecule has 1 aromatic carbocycles. The van der Waals surface area contributed by atoms with Gasteiger partial charge in [0, 0.05) is 16.7 Å². The van der Waals surface area contributed by atoms with Gasteiger partial charge in [-0.3, -0.25) is 9.52 Å². The van der Waals surface area contributed by atoms with Crippen molar-refractivity contribution in [1.29, 1.82) is 0 Å². The number of Topliss-reactive ketones (excluding diaryl/α,β-unsaturated/α-hetero) is 1. The predicted octanol–water partition coefficient (Wildman–Crippen LogP) is 2.29. The molecule has 0 fully saturated rings. The van der Waals surface area contributed by atoms with E-state index in [1.54, 1.807) is 24.3 Å². The van der Waals surface area contributed by atoms with Gasteiger partial charge in [0.1, 0.15) is 0 Å². The lowest BCUT2D eigenvalue weighted by molar-refractivity contribution is 0.0858. The number of sulfonamides is 1. The van der Waals surface area contributed by atoms with Crippen LogP contribution in [0.3, 0.4) is 0 Å². The molecule has 0 bridgehead atoms. The Morgan fingerprint density at radius 1 is 1.24 bits per heavy atom. The van der Waals surface area contributed by atoms with E-state index in [1.807, 2.05) is 20.8 Å². The van der Waals surface area contributed by atoms with Crippen LogP contribution < -0.4 is 4.72 Å². The average molecular weight is 255 g/mol. The molecule has 0 aliphatic carbocycles. The van der Waals surface area contributed by atoms with Crippen molar-refractivity contribution < 1.29 is 13.2 Å². The standard InChI is InChI=1S/C12H17NO3S/c1-12(2,3)11(14)9-6-5-7-10(8-9)13-17(4,15)16/h5-8,13H,1-4H3. The smallest absolute Gasteiger partial charge is 0.229 e. The molecule has 0 saturated heterocycles. The highest BCUT2D eigenvalue weighted by atomic mass is 32.2. The first-order chi connectivity index (χ1) is 7.59. The van der Waals surface area contributed by atoms with Gasteiger partial charge in [-0.25, -0.2) is 8.42 Å². The lowest BCUT2D eigenvalue weighted by Gasteiger charge is -2.17. The van der Waals surface area contributed by atoms with E-state index in [9.17, 15) is 13.2 Å². The molecule has 0 aliphatic heterocycles. The second-order valence-electron chi connectivity index (χ2n) is 5.03. The van der Waals surface area contributed by atoms with Crippen molar-refractivity contribution in [2.45, 2.75) is 20.8 Å². The van der Waals surface area contributed by atoms with E-state index < -0.39 is 15.4 Å². The normalized spacial score (nSPS) is 12.2. The van der Waals surface area contributed by atoms with Crippen molar-refractivity contribution in [3.05, 3.63) is 29.8 Å². The molecule has 17 heavy (non-hydrogen) atoms. The van der Waals surface area contributed by atoms with Gasteiger partial charge in [-0.05, 0) is 12.1 Å². The van der Waals surface area contributed by atoms with Crippen LogP contribution in [0.15, 0.2) is 24.3 Å². The minimum atomic E-state index is -3.32. The number of carbonyl (C=O) groups is 1. The summed E-state index contributed by atoms with van der Waals surface area (Å²) in [4.78, 5) is 12.0. The van der Waals surface area contributed by atoms with Gasteiger partial charge >= 0.3 is 0 Å². The Balaban J connectivity index is 3.06.